The molecule has 136 valence electrons. The molecular formula is C21H17BrN2O3. The number of nitrogens with one attached hydrogen (secondary N) is 1. The third-order valence-electron chi connectivity index (χ3n) is 3.72. The van der Waals surface area contributed by atoms with Crippen molar-refractivity contribution in [2.75, 3.05) is 5.43 Å². The average molecular weight is 425 g/mol. The standard InChI is InChI=1S/C21H17BrN2O3/c22-18-8-4-16(5-9-18)14-27-20-10-6-15(7-11-20)13-23-24-19-3-1-2-17(12-19)21(25)26/h1-13,24H,14H2,(H,25,26). The minimum absolute atomic E-state index is 0.211. The number of benzene rings is 3. The van der Waals surface area contributed by atoms with Crippen LogP contribution in [0.25, 0.3) is 0 Å². The van der Waals surface area contributed by atoms with Crippen molar-refractivity contribution in [1.29, 1.82) is 0 Å². The summed E-state index contributed by atoms with van der Waals surface area (Å²) in [5, 5.41) is 13.1. The normalized spacial score (nSPS) is 10.7. The van der Waals surface area contributed by atoms with Crippen LogP contribution in [0.2, 0.25) is 0 Å². The first-order valence-corrected chi connectivity index (χ1v) is 8.99. The highest BCUT2D eigenvalue weighted by molar-refractivity contribution is 9.10. The van der Waals surface area contributed by atoms with Gasteiger partial charge in [0, 0.05) is 4.47 Å². The van der Waals surface area contributed by atoms with Gasteiger partial charge in [0.05, 0.1) is 17.5 Å². The van der Waals surface area contributed by atoms with Crippen molar-refractivity contribution < 1.29 is 14.6 Å². The first kappa shape index (κ1) is 18.7. The number of ether oxygens (including phenoxy) is 1. The summed E-state index contributed by atoms with van der Waals surface area (Å²) in [7, 11) is 0. The smallest absolute Gasteiger partial charge is 0.335 e. The van der Waals surface area contributed by atoms with E-state index >= 15 is 0 Å². The number of carboxylic acids is 1. The second kappa shape index (κ2) is 9.00. The predicted octanol–water partition coefficient (Wildman–Crippen LogP) is 5.17. The molecule has 6 heteroatoms. The van der Waals surface area contributed by atoms with Crippen LogP contribution in [0.3, 0.4) is 0 Å². The zero-order valence-corrected chi connectivity index (χ0v) is 15.9. The maximum atomic E-state index is 11.0. The molecule has 0 saturated carbocycles. The lowest BCUT2D eigenvalue weighted by Gasteiger charge is -2.06. The number of carbonyl (C=O) groups is 1. The van der Waals surface area contributed by atoms with Gasteiger partial charge in [0.15, 0.2) is 0 Å². The highest BCUT2D eigenvalue weighted by atomic mass is 79.9. The number of anilines is 1. The van der Waals surface area contributed by atoms with E-state index in [2.05, 4.69) is 26.5 Å². The van der Waals surface area contributed by atoms with Gasteiger partial charge >= 0.3 is 5.97 Å². The molecule has 3 aromatic rings. The van der Waals surface area contributed by atoms with Crippen LogP contribution in [0, 0.1) is 0 Å². The predicted molar refractivity (Wildman–Crippen MR) is 110 cm³/mol. The molecule has 0 bridgehead atoms. The van der Waals surface area contributed by atoms with E-state index < -0.39 is 5.97 Å². The molecule has 5 nitrogen and oxygen atoms in total. The Hall–Kier alpha value is -3.12. The topological polar surface area (TPSA) is 70.9 Å². The Morgan fingerprint density at radius 1 is 1.07 bits per heavy atom. The van der Waals surface area contributed by atoms with Gasteiger partial charge in [-0.25, -0.2) is 4.79 Å². The number of rotatable bonds is 7. The highest BCUT2D eigenvalue weighted by Gasteiger charge is 2.02. The monoisotopic (exact) mass is 424 g/mol. The summed E-state index contributed by atoms with van der Waals surface area (Å²) in [5.74, 6) is -0.196. The Morgan fingerprint density at radius 2 is 1.81 bits per heavy atom. The zero-order valence-electron chi connectivity index (χ0n) is 14.3. The highest BCUT2D eigenvalue weighted by Crippen LogP contribution is 2.16. The van der Waals surface area contributed by atoms with Gasteiger partial charge in [-0.3, -0.25) is 5.43 Å². The van der Waals surface area contributed by atoms with Crippen LogP contribution >= 0.6 is 15.9 Å². The molecule has 27 heavy (non-hydrogen) atoms. The van der Waals surface area contributed by atoms with Gasteiger partial charge in [0.2, 0.25) is 0 Å². The summed E-state index contributed by atoms with van der Waals surface area (Å²) < 4.78 is 6.81. The van der Waals surface area contributed by atoms with Crippen molar-refractivity contribution in [3.05, 3.63) is 94.0 Å². The maximum absolute atomic E-state index is 11.0. The van der Waals surface area contributed by atoms with Gasteiger partial charge < -0.3 is 9.84 Å². The van der Waals surface area contributed by atoms with Crippen molar-refractivity contribution in [3.8, 4) is 5.75 Å². The first-order chi connectivity index (χ1) is 13.1. The molecule has 0 atom stereocenters. The Balaban J connectivity index is 1.54. The Labute approximate surface area is 165 Å². The van der Waals surface area contributed by atoms with E-state index in [1.807, 2.05) is 48.5 Å². The van der Waals surface area contributed by atoms with E-state index in [0.29, 0.717) is 12.3 Å². The third kappa shape index (κ3) is 5.69. The number of hydrogen-bond donors (Lipinski definition) is 2. The van der Waals surface area contributed by atoms with E-state index in [-0.39, 0.29) is 5.56 Å². The molecule has 3 rings (SSSR count). The maximum Gasteiger partial charge on any atom is 0.335 e. The van der Waals surface area contributed by atoms with Crippen LogP contribution in [-0.2, 0) is 6.61 Å². The summed E-state index contributed by atoms with van der Waals surface area (Å²) >= 11 is 3.41. The lowest BCUT2D eigenvalue weighted by Crippen LogP contribution is -1.98. The summed E-state index contributed by atoms with van der Waals surface area (Å²) in [6.45, 7) is 0.502. The number of nitrogens with zero attached hydrogens (tertiary/aromatic N) is 1. The van der Waals surface area contributed by atoms with Crippen molar-refractivity contribution in [1.82, 2.24) is 0 Å². The molecule has 2 N–H and O–H groups in total. The molecular weight excluding hydrogens is 408 g/mol. The van der Waals surface area contributed by atoms with Crippen LogP contribution in [0.15, 0.2) is 82.4 Å². The van der Waals surface area contributed by atoms with Crippen molar-refractivity contribution in [2.45, 2.75) is 6.61 Å². The van der Waals surface area contributed by atoms with Gasteiger partial charge in [-0.15, -0.1) is 0 Å². The van der Waals surface area contributed by atoms with Crippen LogP contribution in [0.1, 0.15) is 21.5 Å². The largest absolute Gasteiger partial charge is 0.489 e. The van der Waals surface area contributed by atoms with E-state index in [1.165, 1.54) is 12.1 Å². The second-order valence-corrected chi connectivity index (χ2v) is 6.66. The van der Waals surface area contributed by atoms with Gasteiger partial charge in [-0.1, -0.05) is 34.1 Å². The van der Waals surface area contributed by atoms with E-state index in [0.717, 1.165) is 21.3 Å². The summed E-state index contributed by atoms with van der Waals surface area (Å²) in [4.78, 5) is 11.0. The molecule has 0 fully saturated rings. The van der Waals surface area contributed by atoms with Crippen LogP contribution < -0.4 is 10.2 Å². The SMILES string of the molecule is O=C(O)c1cccc(NN=Cc2ccc(OCc3ccc(Br)cc3)cc2)c1. The lowest BCUT2D eigenvalue weighted by atomic mass is 10.2. The van der Waals surface area contributed by atoms with Crippen LogP contribution in [0.4, 0.5) is 5.69 Å². The van der Waals surface area contributed by atoms with Gasteiger partial charge in [-0.05, 0) is 65.7 Å². The summed E-state index contributed by atoms with van der Waals surface area (Å²) in [6.07, 6.45) is 1.66. The molecule has 3 aromatic carbocycles. The fourth-order valence-electron chi connectivity index (χ4n) is 2.30. The zero-order chi connectivity index (χ0) is 19.1. The van der Waals surface area contributed by atoms with E-state index in [4.69, 9.17) is 9.84 Å². The molecule has 0 aliphatic heterocycles. The van der Waals surface area contributed by atoms with Crippen LogP contribution in [-0.4, -0.2) is 17.3 Å². The van der Waals surface area contributed by atoms with E-state index in [9.17, 15) is 4.79 Å². The van der Waals surface area contributed by atoms with Gasteiger partial charge in [-0.2, -0.15) is 5.10 Å². The van der Waals surface area contributed by atoms with Gasteiger partial charge in [0.25, 0.3) is 0 Å². The van der Waals surface area contributed by atoms with Gasteiger partial charge in [0.1, 0.15) is 12.4 Å². The number of hydrogen-bond acceptors (Lipinski definition) is 4. The fraction of sp³-hybridized carbons (Fsp3) is 0.0476. The number of aromatic carboxylic acids is 1. The van der Waals surface area contributed by atoms with Crippen molar-refractivity contribution in [2.24, 2.45) is 5.10 Å². The fourth-order valence-corrected chi connectivity index (χ4v) is 2.56. The Bertz CT molecular complexity index is 938. The molecule has 0 aliphatic carbocycles. The Morgan fingerprint density at radius 3 is 2.52 bits per heavy atom. The molecule has 0 saturated heterocycles. The first-order valence-electron chi connectivity index (χ1n) is 8.20. The molecule has 0 spiro atoms. The lowest BCUT2D eigenvalue weighted by molar-refractivity contribution is 0.0697. The quantitative estimate of drug-likeness (QED) is 0.405. The van der Waals surface area contributed by atoms with Crippen LogP contribution in [0.5, 0.6) is 5.75 Å². The Kier molecular flexibility index (Phi) is 6.22. The summed E-state index contributed by atoms with van der Waals surface area (Å²) in [6, 6.07) is 22.0. The summed E-state index contributed by atoms with van der Waals surface area (Å²) in [5.41, 5.74) is 5.64. The number of hydrazone groups is 1. The number of halogens is 1. The molecule has 0 aliphatic rings. The molecule has 0 aromatic heterocycles. The average Bonchev–Trinajstić information content (AvgIpc) is 2.69. The van der Waals surface area contributed by atoms with E-state index in [1.54, 1.807) is 18.3 Å². The minimum Gasteiger partial charge on any atom is -0.489 e. The van der Waals surface area contributed by atoms with Crippen molar-refractivity contribution in [3.63, 3.8) is 0 Å². The molecule has 0 heterocycles. The van der Waals surface area contributed by atoms with Crippen molar-refractivity contribution >= 4 is 33.8 Å². The third-order valence-corrected chi connectivity index (χ3v) is 4.24. The molecule has 0 radical (unpaired) electrons. The molecule has 0 unspecified atom stereocenters. The molecule has 0 amide bonds. The second-order valence-electron chi connectivity index (χ2n) is 5.74. The number of carboxylic acid groups (broad SMARTS) is 1. The minimum atomic E-state index is -0.971.